The first-order chi connectivity index (χ1) is 14.0. The number of nitrogens with one attached hydrogen (secondary N) is 1. The molecule has 0 bridgehead atoms. The van der Waals surface area contributed by atoms with Crippen molar-refractivity contribution in [3.05, 3.63) is 89.7 Å². The SMILES string of the molecule is C[C@@H](Oc1ccc(-c2ccc(C#N)cc2)cc1)C(=O)N[C@H](C)c1ccc(F)cc1. The van der Waals surface area contributed by atoms with Crippen LogP contribution in [-0.2, 0) is 4.79 Å². The normalized spacial score (nSPS) is 12.5. The fraction of sp³-hybridized carbons (Fsp3) is 0.167. The number of nitriles is 1. The van der Waals surface area contributed by atoms with Crippen LogP contribution in [0.25, 0.3) is 11.1 Å². The third kappa shape index (κ3) is 5.20. The van der Waals surface area contributed by atoms with Crippen molar-refractivity contribution in [2.45, 2.75) is 26.0 Å². The van der Waals surface area contributed by atoms with E-state index in [-0.39, 0.29) is 17.8 Å². The van der Waals surface area contributed by atoms with Crippen molar-refractivity contribution in [3.8, 4) is 22.9 Å². The van der Waals surface area contributed by atoms with Crippen LogP contribution in [0.2, 0.25) is 0 Å². The minimum atomic E-state index is -0.682. The average molecular weight is 388 g/mol. The molecule has 0 saturated heterocycles. The Labute approximate surface area is 169 Å². The first-order valence-corrected chi connectivity index (χ1v) is 9.29. The van der Waals surface area contributed by atoms with Gasteiger partial charge < -0.3 is 10.1 Å². The summed E-state index contributed by atoms with van der Waals surface area (Å²) < 4.78 is 18.8. The lowest BCUT2D eigenvalue weighted by Crippen LogP contribution is -2.37. The van der Waals surface area contributed by atoms with Gasteiger partial charge in [0.25, 0.3) is 5.91 Å². The van der Waals surface area contributed by atoms with E-state index < -0.39 is 6.10 Å². The lowest BCUT2D eigenvalue weighted by atomic mass is 10.0. The highest BCUT2D eigenvalue weighted by Crippen LogP contribution is 2.23. The molecule has 5 heteroatoms. The summed E-state index contributed by atoms with van der Waals surface area (Å²) in [6, 6.07) is 22.6. The van der Waals surface area contributed by atoms with Gasteiger partial charge in [-0.2, -0.15) is 5.26 Å². The van der Waals surface area contributed by atoms with Crippen LogP contribution in [0.3, 0.4) is 0 Å². The van der Waals surface area contributed by atoms with E-state index in [1.807, 2.05) is 31.2 Å². The van der Waals surface area contributed by atoms with Gasteiger partial charge in [0.2, 0.25) is 0 Å². The van der Waals surface area contributed by atoms with Gasteiger partial charge in [-0.3, -0.25) is 4.79 Å². The molecule has 0 saturated carbocycles. The molecule has 0 spiro atoms. The van der Waals surface area contributed by atoms with Gasteiger partial charge in [0, 0.05) is 0 Å². The Bertz CT molecular complexity index is 1010. The molecule has 0 aliphatic carbocycles. The van der Waals surface area contributed by atoms with Gasteiger partial charge in [0.05, 0.1) is 17.7 Å². The number of rotatable bonds is 6. The molecule has 0 radical (unpaired) electrons. The van der Waals surface area contributed by atoms with Gasteiger partial charge in [-0.05, 0) is 66.9 Å². The van der Waals surface area contributed by atoms with Crippen molar-refractivity contribution >= 4 is 5.91 Å². The third-order valence-electron chi connectivity index (χ3n) is 4.61. The highest BCUT2D eigenvalue weighted by atomic mass is 19.1. The molecular weight excluding hydrogens is 367 g/mol. The van der Waals surface area contributed by atoms with Gasteiger partial charge >= 0.3 is 0 Å². The van der Waals surface area contributed by atoms with E-state index in [0.717, 1.165) is 16.7 Å². The van der Waals surface area contributed by atoms with Gasteiger partial charge in [-0.25, -0.2) is 4.39 Å². The van der Waals surface area contributed by atoms with Crippen LogP contribution in [0.4, 0.5) is 4.39 Å². The van der Waals surface area contributed by atoms with Crippen LogP contribution in [0, 0.1) is 17.1 Å². The predicted molar refractivity (Wildman–Crippen MR) is 110 cm³/mol. The zero-order valence-electron chi connectivity index (χ0n) is 16.2. The van der Waals surface area contributed by atoms with E-state index in [0.29, 0.717) is 11.3 Å². The van der Waals surface area contributed by atoms with Crippen molar-refractivity contribution in [1.29, 1.82) is 5.26 Å². The van der Waals surface area contributed by atoms with E-state index in [1.165, 1.54) is 12.1 Å². The molecule has 3 rings (SSSR count). The lowest BCUT2D eigenvalue weighted by molar-refractivity contribution is -0.127. The maximum absolute atomic E-state index is 13.0. The van der Waals surface area contributed by atoms with Crippen LogP contribution in [0.15, 0.2) is 72.8 Å². The monoisotopic (exact) mass is 388 g/mol. The molecule has 1 amide bonds. The van der Waals surface area contributed by atoms with E-state index >= 15 is 0 Å². The molecule has 0 aliphatic heterocycles. The predicted octanol–water partition coefficient (Wildman–Crippen LogP) is 5.01. The quantitative estimate of drug-likeness (QED) is 0.646. The summed E-state index contributed by atoms with van der Waals surface area (Å²) in [5.41, 5.74) is 3.42. The topological polar surface area (TPSA) is 62.1 Å². The molecule has 3 aromatic rings. The zero-order chi connectivity index (χ0) is 20.8. The molecule has 0 aromatic heterocycles. The number of carbonyl (C=O) groups excluding carboxylic acids is 1. The van der Waals surface area contributed by atoms with Crippen LogP contribution in [-0.4, -0.2) is 12.0 Å². The Balaban J connectivity index is 1.59. The van der Waals surface area contributed by atoms with Crippen molar-refractivity contribution in [2.75, 3.05) is 0 Å². The second-order valence-corrected chi connectivity index (χ2v) is 6.76. The minimum Gasteiger partial charge on any atom is -0.481 e. The molecule has 0 unspecified atom stereocenters. The smallest absolute Gasteiger partial charge is 0.261 e. The maximum Gasteiger partial charge on any atom is 0.261 e. The molecule has 4 nitrogen and oxygen atoms in total. The summed E-state index contributed by atoms with van der Waals surface area (Å²) in [7, 11) is 0. The Hall–Kier alpha value is -3.65. The number of benzene rings is 3. The molecule has 0 aliphatic rings. The van der Waals surface area contributed by atoms with E-state index in [2.05, 4.69) is 11.4 Å². The summed E-state index contributed by atoms with van der Waals surface area (Å²) in [4.78, 5) is 12.4. The number of hydrogen-bond donors (Lipinski definition) is 1. The van der Waals surface area contributed by atoms with E-state index in [4.69, 9.17) is 10.00 Å². The van der Waals surface area contributed by atoms with E-state index in [1.54, 1.807) is 43.3 Å². The van der Waals surface area contributed by atoms with Crippen LogP contribution < -0.4 is 10.1 Å². The Morgan fingerprint density at radius 3 is 2.03 bits per heavy atom. The molecule has 29 heavy (non-hydrogen) atoms. The number of nitrogens with zero attached hydrogens (tertiary/aromatic N) is 1. The summed E-state index contributed by atoms with van der Waals surface area (Å²) in [6.07, 6.45) is -0.682. The maximum atomic E-state index is 13.0. The minimum absolute atomic E-state index is 0.252. The number of ether oxygens (including phenoxy) is 1. The molecule has 1 N–H and O–H groups in total. The van der Waals surface area contributed by atoms with Gasteiger partial charge in [0.15, 0.2) is 6.10 Å². The molecule has 2 atom stereocenters. The summed E-state index contributed by atoms with van der Waals surface area (Å²) in [5.74, 6) is 0.0194. The first kappa shape index (κ1) is 20.1. The number of hydrogen-bond acceptors (Lipinski definition) is 3. The summed E-state index contributed by atoms with van der Waals surface area (Å²) >= 11 is 0. The van der Waals surface area contributed by atoms with Gasteiger partial charge in [0.1, 0.15) is 11.6 Å². The Kier molecular flexibility index (Phi) is 6.25. The number of halogens is 1. The third-order valence-corrected chi connectivity index (χ3v) is 4.61. The largest absolute Gasteiger partial charge is 0.481 e. The molecule has 146 valence electrons. The van der Waals surface area contributed by atoms with Crippen molar-refractivity contribution in [3.63, 3.8) is 0 Å². The number of carbonyl (C=O) groups is 1. The van der Waals surface area contributed by atoms with Crippen molar-refractivity contribution in [2.24, 2.45) is 0 Å². The number of amides is 1. The van der Waals surface area contributed by atoms with Crippen LogP contribution in [0.1, 0.15) is 31.0 Å². The highest BCUT2D eigenvalue weighted by Gasteiger charge is 2.18. The van der Waals surface area contributed by atoms with Crippen molar-refractivity contribution in [1.82, 2.24) is 5.32 Å². The highest BCUT2D eigenvalue weighted by molar-refractivity contribution is 5.81. The van der Waals surface area contributed by atoms with Crippen molar-refractivity contribution < 1.29 is 13.9 Å². The zero-order valence-corrected chi connectivity index (χ0v) is 16.2. The first-order valence-electron chi connectivity index (χ1n) is 9.29. The van der Waals surface area contributed by atoms with Crippen LogP contribution >= 0.6 is 0 Å². The molecule has 0 heterocycles. The average Bonchev–Trinajstić information content (AvgIpc) is 2.74. The second kappa shape index (κ2) is 9.03. The lowest BCUT2D eigenvalue weighted by Gasteiger charge is -2.19. The fourth-order valence-electron chi connectivity index (χ4n) is 2.89. The fourth-order valence-corrected chi connectivity index (χ4v) is 2.89. The summed E-state index contributed by atoms with van der Waals surface area (Å²) in [5, 5.41) is 11.8. The molecule has 0 fully saturated rings. The molecular formula is C24H21FN2O2. The van der Waals surface area contributed by atoms with Crippen LogP contribution in [0.5, 0.6) is 5.75 Å². The Morgan fingerprint density at radius 2 is 1.48 bits per heavy atom. The van der Waals surface area contributed by atoms with Gasteiger partial charge in [-0.1, -0.05) is 36.4 Å². The summed E-state index contributed by atoms with van der Waals surface area (Å²) in [6.45, 7) is 3.52. The standard InChI is InChI=1S/C24H21FN2O2/c1-16(19-7-11-22(25)12-8-19)27-24(28)17(2)29-23-13-9-21(10-14-23)20-5-3-18(15-26)4-6-20/h3-14,16-17H,1-2H3,(H,27,28)/t16-,17-/m1/s1. The second-order valence-electron chi connectivity index (χ2n) is 6.76. The Morgan fingerprint density at radius 1 is 0.931 bits per heavy atom. The van der Waals surface area contributed by atoms with E-state index in [9.17, 15) is 9.18 Å². The molecule has 3 aromatic carbocycles. The van der Waals surface area contributed by atoms with Gasteiger partial charge in [-0.15, -0.1) is 0 Å².